The molecule has 0 bridgehead atoms. The molecule has 0 spiro atoms. The molecule has 2 rings (SSSR count). The molecule has 3 nitrogen and oxygen atoms in total. The summed E-state index contributed by atoms with van der Waals surface area (Å²) < 4.78 is 0.804. The van der Waals surface area contributed by atoms with E-state index in [1.807, 2.05) is 6.20 Å². The van der Waals surface area contributed by atoms with Crippen molar-refractivity contribution >= 4 is 21.7 Å². The largest absolute Gasteiger partial charge is 0.355 e. The molecule has 0 unspecified atom stereocenters. The number of aromatic nitrogens is 2. The van der Waals surface area contributed by atoms with Gasteiger partial charge in [-0.1, -0.05) is 19.3 Å². The van der Waals surface area contributed by atoms with Crippen LogP contribution in [0.4, 0.5) is 5.82 Å². The van der Waals surface area contributed by atoms with Gasteiger partial charge in [-0.3, -0.25) is 0 Å². The summed E-state index contributed by atoms with van der Waals surface area (Å²) in [4.78, 5) is 11.0. The van der Waals surface area contributed by atoms with Crippen LogP contribution in [0.25, 0.3) is 0 Å². The maximum absolute atomic E-state index is 4.39. The molecule has 0 aromatic carbocycles. The highest BCUT2D eigenvalue weighted by molar-refractivity contribution is 9.10. The van der Waals surface area contributed by atoms with Crippen LogP contribution in [0.5, 0.6) is 0 Å². The molecule has 1 aliphatic rings. The molecule has 1 fully saturated rings. The minimum absolute atomic E-state index is 0.804. The van der Waals surface area contributed by atoms with Crippen molar-refractivity contribution in [2.75, 3.05) is 18.0 Å². The molecule has 1 saturated heterocycles. The number of halogens is 1. The first-order valence-electron chi connectivity index (χ1n) is 5.59. The van der Waals surface area contributed by atoms with Gasteiger partial charge in [-0.2, -0.15) is 0 Å². The average molecular weight is 270 g/mol. The fourth-order valence-corrected chi connectivity index (χ4v) is 2.15. The van der Waals surface area contributed by atoms with Crippen LogP contribution in [-0.4, -0.2) is 23.1 Å². The highest BCUT2D eigenvalue weighted by Crippen LogP contribution is 2.17. The van der Waals surface area contributed by atoms with E-state index in [1.54, 1.807) is 6.20 Å². The van der Waals surface area contributed by atoms with Crippen molar-refractivity contribution < 1.29 is 0 Å². The van der Waals surface area contributed by atoms with Crippen molar-refractivity contribution in [3.05, 3.63) is 17.0 Å². The molecule has 0 atom stereocenters. The lowest BCUT2D eigenvalue weighted by atomic mass is 10.1. The van der Waals surface area contributed by atoms with Gasteiger partial charge in [0.25, 0.3) is 0 Å². The highest BCUT2D eigenvalue weighted by Gasteiger charge is 2.09. The summed E-state index contributed by atoms with van der Waals surface area (Å²) >= 11 is 3.31. The third kappa shape index (κ3) is 3.16. The standard InChI is InChI=1S/C11H16BrN3/c12-10-8-14-11(9-13-10)15-6-4-2-1-3-5-7-15/h8-9H,1-7H2. The Morgan fingerprint density at radius 1 is 0.933 bits per heavy atom. The fourth-order valence-electron chi connectivity index (χ4n) is 1.95. The topological polar surface area (TPSA) is 29.0 Å². The van der Waals surface area contributed by atoms with E-state index in [0.29, 0.717) is 0 Å². The second kappa shape index (κ2) is 5.45. The molecular formula is C11H16BrN3. The first-order valence-corrected chi connectivity index (χ1v) is 6.38. The Morgan fingerprint density at radius 2 is 1.60 bits per heavy atom. The summed E-state index contributed by atoms with van der Waals surface area (Å²) in [6, 6.07) is 0. The highest BCUT2D eigenvalue weighted by atomic mass is 79.9. The minimum Gasteiger partial charge on any atom is -0.355 e. The molecule has 82 valence electrons. The average Bonchev–Trinajstić information content (AvgIpc) is 2.19. The first kappa shape index (κ1) is 10.9. The van der Waals surface area contributed by atoms with Crippen molar-refractivity contribution in [2.45, 2.75) is 32.1 Å². The molecule has 0 radical (unpaired) electrons. The van der Waals surface area contributed by atoms with Crippen LogP contribution in [0.2, 0.25) is 0 Å². The maximum Gasteiger partial charge on any atom is 0.147 e. The van der Waals surface area contributed by atoms with E-state index < -0.39 is 0 Å². The molecule has 4 heteroatoms. The van der Waals surface area contributed by atoms with Gasteiger partial charge in [0.05, 0.1) is 12.4 Å². The fraction of sp³-hybridized carbons (Fsp3) is 0.636. The van der Waals surface area contributed by atoms with Gasteiger partial charge in [0.15, 0.2) is 0 Å². The Balaban J connectivity index is 2.03. The predicted molar refractivity (Wildman–Crippen MR) is 65.0 cm³/mol. The van der Waals surface area contributed by atoms with Gasteiger partial charge >= 0.3 is 0 Å². The van der Waals surface area contributed by atoms with Gasteiger partial charge in [-0.05, 0) is 28.8 Å². The smallest absolute Gasteiger partial charge is 0.147 e. The molecular weight excluding hydrogens is 254 g/mol. The van der Waals surface area contributed by atoms with E-state index in [9.17, 15) is 0 Å². The summed E-state index contributed by atoms with van der Waals surface area (Å²) in [5.74, 6) is 1.01. The Bertz CT molecular complexity index is 291. The van der Waals surface area contributed by atoms with E-state index in [4.69, 9.17) is 0 Å². The number of hydrogen-bond donors (Lipinski definition) is 0. The molecule has 0 aliphatic carbocycles. The predicted octanol–water partition coefficient (Wildman–Crippen LogP) is 3.01. The van der Waals surface area contributed by atoms with Crippen molar-refractivity contribution in [1.82, 2.24) is 9.97 Å². The Labute approximate surface area is 99.0 Å². The molecule has 2 heterocycles. The molecule has 15 heavy (non-hydrogen) atoms. The van der Waals surface area contributed by atoms with Crippen LogP contribution < -0.4 is 4.90 Å². The van der Waals surface area contributed by atoms with Crippen molar-refractivity contribution in [1.29, 1.82) is 0 Å². The molecule has 1 aliphatic heterocycles. The number of nitrogens with zero attached hydrogens (tertiary/aromatic N) is 3. The van der Waals surface area contributed by atoms with Crippen molar-refractivity contribution in [2.24, 2.45) is 0 Å². The van der Waals surface area contributed by atoms with Gasteiger partial charge in [0, 0.05) is 13.1 Å². The zero-order chi connectivity index (χ0) is 10.5. The Hall–Kier alpha value is -0.640. The van der Waals surface area contributed by atoms with Crippen LogP contribution in [0.3, 0.4) is 0 Å². The quantitative estimate of drug-likeness (QED) is 0.785. The van der Waals surface area contributed by atoms with Gasteiger partial charge in [0.2, 0.25) is 0 Å². The summed E-state index contributed by atoms with van der Waals surface area (Å²) in [6.07, 6.45) is 10.3. The minimum atomic E-state index is 0.804. The summed E-state index contributed by atoms with van der Waals surface area (Å²) in [7, 11) is 0. The number of hydrogen-bond acceptors (Lipinski definition) is 3. The third-order valence-electron chi connectivity index (χ3n) is 2.79. The summed E-state index contributed by atoms with van der Waals surface area (Å²) in [5, 5.41) is 0. The van der Waals surface area contributed by atoms with Gasteiger partial charge in [0.1, 0.15) is 10.4 Å². The lowest BCUT2D eigenvalue weighted by Crippen LogP contribution is -2.27. The zero-order valence-electron chi connectivity index (χ0n) is 8.82. The Kier molecular flexibility index (Phi) is 3.94. The molecule has 0 saturated carbocycles. The summed E-state index contributed by atoms with van der Waals surface area (Å²) in [6.45, 7) is 2.24. The lowest BCUT2D eigenvalue weighted by molar-refractivity contribution is 0.553. The Morgan fingerprint density at radius 3 is 2.20 bits per heavy atom. The van der Waals surface area contributed by atoms with E-state index >= 15 is 0 Å². The van der Waals surface area contributed by atoms with Crippen LogP contribution in [0.1, 0.15) is 32.1 Å². The van der Waals surface area contributed by atoms with Gasteiger partial charge in [-0.15, -0.1) is 0 Å². The second-order valence-corrected chi connectivity index (χ2v) is 4.76. The van der Waals surface area contributed by atoms with Gasteiger partial charge < -0.3 is 4.90 Å². The van der Waals surface area contributed by atoms with Gasteiger partial charge in [-0.25, -0.2) is 9.97 Å². The second-order valence-electron chi connectivity index (χ2n) is 3.95. The zero-order valence-corrected chi connectivity index (χ0v) is 10.4. The third-order valence-corrected chi connectivity index (χ3v) is 3.20. The maximum atomic E-state index is 4.39. The molecule has 0 N–H and O–H groups in total. The molecule has 1 aromatic heterocycles. The molecule has 1 aromatic rings. The number of anilines is 1. The lowest BCUT2D eigenvalue weighted by Gasteiger charge is -2.25. The van der Waals surface area contributed by atoms with Crippen LogP contribution in [0, 0.1) is 0 Å². The van der Waals surface area contributed by atoms with Crippen LogP contribution in [-0.2, 0) is 0 Å². The van der Waals surface area contributed by atoms with E-state index in [1.165, 1.54) is 32.1 Å². The van der Waals surface area contributed by atoms with Crippen LogP contribution >= 0.6 is 15.9 Å². The summed E-state index contributed by atoms with van der Waals surface area (Å²) in [5.41, 5.74) is 0. The van der Waals surface area contributed by atoms with Crippen LogP contribution in [0.15, 0.2) is 17.0 Å². The normalized spacial score (nSPS) is 18.3. The number of rotatable bonds is 1. The monoisotopic (exact) mass is 269 g/mol. The SMILES string of the molecule is Brc1cnc(N2CCCCCCC2)cn1. The van der Waals surface area contributed by atoms with E-state index in [0.717, 1.165) is 23.5 Å². The van der Waals surface area contributed by atoms with Crippen molar-refractivity contribution in [3.8, 4) is 0 Å². The first-order chi connectivity index (χ1) is 7.36. The van der Waals surface area contributed by atoms with E-state index in [2.05, 4.69) is 30.8 Å². The van der Waals surface area contributed by atoms with Crippen molar-refractivity contribution in [3.63, 3.8) is 0 Å². The van der Waals surface area contributed by atoms with E-state index in [-0.39, 0.29) is 0 Å². The molecule has 0 amide bonds.